The summed E-state index contributed by atoms with van der Waals surface area (Å²) in [5, 5.41) is 11.4. The fourth-order valence-corrected chi connectivity index (χ4v) is 1.90. The molecule has 2 N–H and O–H groups in total. The number of rotatable bonds is 9. The minimum absolute atomic E-state index is 0.0349. The Kier molecular flexibility index (Phi) is 8.80. The number of hydrogen-bond donors (Lipinski definition) is 2. The molecule has 0 saturated carbocycles. The topological polar surface area (TPSA) is 75.6 Å². The van der Waals surface area contributed by atoms with Gasteiger partial charge >= 0.3 is 113 Å². The summed E-state index contributed by atoms with van der Waals surface area (Å²) in [4.78, 5) is 24.4. The molecule has 6 heteroatoms. The van der Waals surface area contributed by atoms with E-state index in [1.165, 1.54) is 0 Å². The van der Waals surface area contributed by atoms with Crippen molar-refractivity contribution in [2.24, 2.45) is 0 Å². The molecule has 17 heavy (non-hydrogen) atoms. The molecule has 0 bridgehead atoms. The number of amides is 1. The zero-order chi connectivity index (χ0) is 13.3. The first-order valence-electron chi connectivity index (χ1n) is 5.69. The van der Waals surface area contributed by atoms with Crippen LogP contribution in [0.25, 0.3) is 0 Å². The number of aliphatic hydroxyl groups excluding tert-OH is 1. The van der Waals surface area contributed by atoms with Crippen LogP contribution in [0, 0.1) is 0 Å². The Morgan fingerprint density at radius 1 is 1.47 bits per heavy atom. The van der Waals surface area contributed by atoms with Crippen molar-refractivity contribution in [3.8, 4) is 0 Å². The molecule has 0 fully saturated rings. The third-order valence-electron chi connectivity index (χ3n) is 2.67. The van der Waals surface area contributed by atoms with Crippen molar-refractivity contribution in [3.63, 3.8) is 0 Å². The Hall–Kier alpha value is -0.141. The van der Waals surface area contributed by atoms with Crippen LogP contribution in [0.3, 0.4) is 0 Å². The molecular weight excluding hydrogens is 329 g/mol. The fourth-order valence-electron chi connectivity index (χ4n) is 1.15. The van der Waals surface area contributed by atoms with E-state index in [2.05, 4.69) is 5.32 Å². The molecule has 0 aromatic rings. The number of ether oxygens (including phenoxy) is 1. The van der Waals surface area contributed by atoms with Crippen LogP contribution in [0.15, 0.2) is 0 Å². The monoisotopic (exact) mass is 351 g/mol. The van der Waals surface area contributed by atoms with Crippen molar-refractivity contribution in [2.75, 3.05) is 19.8 Å². The van der Waals surface area contributed by atoms with Crippen molar-refractivity contribution >= 4 is 30.8 Å². The van der Waals surface area contributed by atoms with Crippen molar-refractivity contribution < 1.29 is 19.4 Å². The van der Waals surface area contributed by atoms with Gasteiger partial charge in [0.1, 0.15) is 0 Å². The molecular formula is C11H21NO4Sn. The standard InChI is InChI=1S/C10H18NO4.CH3.Sn/c1-3-10(2,4-6-12)15-8-9(14)11-5-7-13;;/h12H,3-6,8H2,1-2H3,(H,11,14);1H3;. The molecule has 0 aromatic carbocycles. The van der Waals surface area contributed by atoms with Gasteiger partial charge in [0.05, 0.1) is 0 Å². The second kappa shape index (κ2) is 8.88. The van der Waals surface area contributed by atoms with Crippen LogP contribution >= 0.6 is 0 Å². The molecule has 0 aliphatic rings. The van der Waals surface area contributed by atoms with Gasteiger partial charge in [0.25, 0.3) is 0 Å². The van der Waals surface area contributed by atoms with Gasteiger partial charge in [-0.3, -0.25) is 0 Å². The molecule has 1 amide bonds. The van der Waals surface area contributed by atoms with Gasteiger partial charge in [0, 0.05) is 0 Å². The number of hydrogen-bond acceptors (Lipinski definition) is 4. The average molecular weight is 350 g/mol. The molecule has 0 saturated heterocycles. The minimum atomic E-state index is -0.932. The summed E-state index contributed by atoms with van der Waals surface area (Å²) in [6, 6.07) is 0. The van der Waals surface area contributed by atoms with Crippen LogP contribution in [0.2, 0.25) is 4.94 Å². The quantitative estimate of drug-likeness (QED) is 0.572. The predicted octanol–water partition coefficient (Wildman–Crippen LogP) is -0.0508. The third kappa shape index (κ3) is 7.72. The number of carbonyl (C=O) groups excluding carboxylic acids is 2. The Labute approximate surface area is 113 Å². The van der Waals surface area contributed by atoms with Gasteiger partial charge in [-0.15, -0.1) is 0 Å². The van der Waals surface area contributed by atoms with Gasteiger partial charge in [-0.05, 0) is 0 Å². The zero-order valence-electron chi connectivity index (χ0n) is 10.7. The summed E-state index contributed by atoms with van der Waals surface area (Å²) in [7, 11) is 0. The molecule has 0 spiro atoms. The van der Waals surface area contributed by atoms with E-state index in [9.17, 15) is 9.59 Å². The van der Waals surface area contributed by atoms with Crippen LogP contribution in [0.1, 0.15) is 26.7 Å². The van der Waals surface area contributed by atoms with E-state index in [0.29, 0.717) is 6.42 Å². The van der Waals surface area contributed by atoms with Crippen molar-refractivity contribution in [1.29, 1.82) is 0 Å². The van der Waals surface area contributed by atoms with Gasteiger partial charge in [-0.25, -0.2) is 0 Å². The van der Waals surface area contributed by atoms with E-state index in [1.807, 2.05) is 18.8 Å². The van der Waals surface area contributed by atoms with Crippen LogP contribution < -0.4 is 5.32 Å². The molecule has 1 unspecified atom stereocenters. The molecule has 0 aromatic heterocycles. The second-order valence-electron chi connectivity index (χ2n) is 4.02. The molecule has 2 radical (unpaired) electrons. The molecule has 0 aliphatic carbocycles. The van der Waals surface area contributed by atoms with Crippen LogP contribution in [0.4, 0.5) is 0 Å². The van der Waals surface area contributed by atoms with Crippen molar-refractivity contribution in [1.82, 2.24) is 5.32 Å². The SMILES string of the molecule is CCC(C)(CCO)OCC(=O)NC[C](=O)[Sn][CH3]. The van der Waals surface area contributed by atoms with E-state index in [1.54, 1.807) is 0 Å². The third-order valence-corrected chi connectivity index (χ3v) is 4.76. The van der Waals surface area contributed by atoms with E-state index in [-0.39, 0.29) is 29.5 Å². The zero-order valence-corrected chi connectivity index (χ0v) is 13.6. The normalized spacial score (nSPS) is 14.1. The first-order chi connectivity index (χ1) is 7.97. The summed E-state index contributed by atoms with van der Waals surface area (Å²) in [6.45, 7) is 3.91. The first-order valence-corrected chi connectivity index (χ1v) is 9.97. The Morgan fingerprint density at radius 3 is 2.59 bits per heavy atom. The van der Waals surface area contributed by atoms with Crippen LogP contribution in [-0.4, -0.2) is 61.3 Å². The number of nitrogens with one attached hydrogen (secondary N) is 1. The summed E-state index contributed by atoms with van der Waals surface area (Å²) >= 11 is -0.932. The molecule has 0 rings (SSSR count). The first kappa shape index (κ1) is 16.9. The molecule has 1 atom stereocenters. The maximum absolute atomic E-state index is 11.4. The van der Waals surface area contributed by atoms with Crippen molar-refractivity contribution in [3.05, 3.63) is 0 Å². The van der Waals surface area contributed by atoms with Gasteiger partial charge in [0.2, 0.25) is 0 Å². The van der Waals surface area contributed by atoms with Crippen molar-refractivity contribution in [2.45, 2.75) is 37.2 Å². The fraction of sp³-hybridized carbons (Fsp3) is 0.818. The summed E-state index contributed by atoms with van der Waals surface area (Å²) in [6.07, 6.45) is 1.22. The Balaban J connectivity index is 3.93. The molecule has 0 heterocycles. The van der Waals surface area contributed by atoms with Gasteiger partial charge in [0.15, 0.2) is 0 Å². The summed E-state index contributed by atoms with van der Waals surface area (Å²) in [5.74, 6) is -0.274. The summed E-state index contributed by atoms with van der Waals surface area (Å²) < 4.78 is 5.64. The van der Waals surface area contributed by atoms with E-state index < -0.39 is 26.7 Å². The van der Waals surface area contributed by atoms with Gasteiger partial charge in [-0.1, -0.05) is 0 Å². The molecule has 0 aliphatic heterocycles. The average Bonchev–Trinajstić information content (AvgIpc) is 2.33. The van der Waals surface area contributed by atoms with E-state index in [4.69, 9.17) is 9.84 Å². The van der Waals surface area contributed by atoms with Crippen LogP contribution in [-0.2, 0) is 14.3 Å². The molecule has 5 nitrogen and oxygen atoms in total. The van der Waals surface area contributed by atoms with E-state index in [0.717, 1.165) is 6.42 Å². The van der Waals surface area contributed by atoms with E-state index >= 15 is 0 Å². The van der Waals surface area contributed by atoms with Gasteiger partial charge in [-0.2, -0.15) is 0 Å². The predicted molar refractivity (Wildman–Crippen MR) is 66.0 cm³/mol. The molecule has 98 valence electrons. The Bertz CT molecular complexity index is 260. The van der Waals surface area contributed by atoms with Gasteiger partial charge < -0.3 is 0 Å². The van der Waals surface area contributed by atoms with Crippen LogP contribution in [0.5, 0.6) is 0 Å². The number of carbonyl (C=O) groups is 2. The number of aliphatic hydroxyl groups is 1. The summed E-state index contributed by atoms with van der Waals surface area (Å²) in [5.41, 5.74) is -0.475. The maximum atomic E-state index is 11.4. The second-order valence-corrected chi connectivity index (χ2v) is 7.03. The Morgan fingerprint density at radius 2 is 2.12 bits per heavy atom.